The molecule has 0 spiro atoms. The number of carbonyl (C=O) groups excluding carboxylic acids is 1. The fourth-order valence-electron chi connectivity index (χ4n) is 1.44. The van der Waals surface area contributed by atoms with Gasteiger partial charge in [-0.25, -0.2) is 10.2 Å². The van der Waals surface area contributed by atoms with Crippen LogP contribution in [0.15, 0.2) is 30.3 Å². The van der Waals surface area contributed by atoms with Gasteiger partial charge in [0.1, 0.15) is 5.82 Å². The van der Waals surface area contributed by atoms with Crippen molar-refractivity contribution in [2.24, 2.45) is 5.84 Å². The lowest BCUT2D eigenvalue weighted by molar-refractivity contribution is -0.384. The normalized spacial score (nSPS) is 10.0. The van der Waals surface area contributed by atoms with Crippen molar-refractivity contribution in [3.8, 4) is 0 Å². The van der Waals surface area contributed by atoms with E-state index in [9.17, 15) is 19.3 Å². The topological polar surface area (TPSA) is 136 Å². The van der Waals surface area contributed by atoms with Crippen molar-refractivity contribution >= 4 is 23.1 Å². The van der Waals surface area contributed by atoms with Crippen molar-refractivity contribution in [3.05, 3.63) is 52.0 Å². The Hall–Kier alpha value is -3.14. The van der Waals surface area contributed by atoms with E-state index in [0.29, 0.717) is 0 Å². The van der Waals surface area contributed by atoms with Crippen LogP contribution in [0.4, 0.5) is 21.6 Å². The van der Waals surface area contributed by atoms with Gasteiger partial charge in [0, 0.05) is 12.1 Å². The SMILES string of the molecule is NNc1ccc(C(=O)Nc2cc([N+](=O)[O-])ccc2F)nn1. The van der Waals surface area contributed by atoms with Crippen LogP contribution in [0.1, 0.15) is 10.5 Å². The number of nitrogens with two attached hydrogens (primary N) is 1. The minimum Gasteiger partial charge on any atom is -0.318 e. The number of nitrogens with one attached hydrogen (secondary N) is 2. The molecule has 2 rings (SSSR count). The molecule has 0 aliphatic heterocycles. The first-order valence-electron chi connectivity index (χ1n) is 5.57. The number of anilines is 2. The summed E-state index contributed by atoms with van der Waals surface area (Å²) in [6.07, 6.45) is 0. The number of nitrogens with zero attached hydrogens (tertiary/aromatic N) is 3. The van der Waals surface area contributed by atoms with E-state index in [1.54, 1.807) is 0 Å². The zero-order valence-corrected chi connectivity index (χ0v) is 10.4. The fourth-order valence-corrected chi connectivity index (χ4v) is 1.44. The summed E-state index contributed by atoms with van der Waals surface area (Å²) in [4.78, 5) is 21.8. The van der Waals surface area contributed by atoms with E-state index in [2.05, 4.69) is 20.9 Å². The highest BCUT2D eigenvalue weighted by atomic mass is 19.1. The number of halogens is 1. The van der Waals surface area contributed by atoms with Gasteiger partial charge >= 0.3 is 0 Å². The number of amides is 1. The van der Waals surface area contributed by atoms with E-state index >= 15 is 0 Å². The van der Waals surface area contributed by atoms with E-state index in [4.69, 9.17) is 5.84 Å². The molecule has 1 aromatic carbocycles. The fraction of sp³-hybridized carbons (Fsp3) is 0. The monoisotopic (exact) mass is 292 g/mol. The Morgan fingerprint density at radius 2 is 2.05 bits per heavy atom. The van der Waals surface area contributed by atoms with E-state index < -0.39 is 16.6 Å². The van der Waals surface area contributed by atoms with Crippen LogP contribution in [-0.4, -0.2) is 21.0 Å². The third-order valence-electron chi connectivity index (χ3n) is 2.45. The number of nitrogen functional groups attached to an aromatic ring is 1. The van der Waals surface area contributed by atoms with Gasteiger partial charge in [-0.2, -0.15) is 0 Å². The van der Waals surface area contributed by atoms with Gasteiger partial charge in [0.2, 0.25) is 0 Å². The molecule has 10 heteroatoms. The van der Waals surface area contributed by atoms with Crippen molar-refractivity contribution in [1.29, 1.82) is 0 Å². The summed E-state index contributed by atoms with van der Waals surface area (Å²) in [6.45, 7) is 0. The van der Waals surface area contributed by atoms with Crippen molar-refractivity contribution in [2.75, 3.05) is 10.7 Å². The quantitative estimate of drug-likeness (QED) is 0.435. The van der Waals surface area contributed by atoms with Crippen LogP contribution in [0.5, 0.6) is 0 Å². The number of carbonyl (C=O) groups is 1. The maximum absolute atomic E-state index is 13.5. The zero-order valence-electron chi connectivity index (χ0n) is 10.4. The first-order chi connectivity index (χ1) is 10.0. The number of hydrogen-bond acceptors (Lipinski definition) is 7. The van der Waals surface area contributed by atoms with E-state index in [1.807, 2.05) is 0 Å². The van der Waals surface area contributed by atoms with Crippen LogP contribution >= 0.6 is 0 Å². The molecule has 0 atom stereocenters. The summed E-state index contributed by atoms with van der Waals surface area (Å²) in [5.74, 6) is 3.78. The average molecular weight is 292 g/mol. The largest absolute Gasteiger partial charge is 0.318 e. The molecule has 0 fully saturated rings. The Morgan fingerprint density at radius 3 is 2.62 bits per heavy atom. The van der Waals surface area contributed by atoms with Gasteiger partial charge < -0.3 is 10.7 Å². The maximum atomic E-state index is 13.5. The highest BCUT2D eigenvalue weighted by Gasteiger charge is 2.15. The lowest BCUT2D eigenvalue weighted by Gasteiger charge is -2.06. The molecule has 0 aliphatic carbocycles. The van der Waals surface area contributed by atoms with Gasteiger partial charge in [-0.05, 0) is 18.2 Å². The molecule has 21 heavy (non-hydrogen) atoms. The molecule has 1 aromatic heterocycles. The Balaban J connectivity index is 2.22. The second-order valence-electron chi connectivity index (χ2n) is 3.82. The Labute approximate surface area is 117 Å². The number of benzene rings is 1. The lowest BCUT2D eigenvalue weighted by atomic mass is 10.2. The van der Waals surface area contributed by atoms with Gasteiger partial charge in [0.25, 0.3) is 11.6 Å². The van der Waals surface area contributed by atoms with E-state index in [-0.39, 0.29) is 22.9 Å². The van der Waals surface area contributed by atoms with Crippen LogP contribution < -0.4 is 16.6 Å². The van der Waals surface area contributed by atoms with Gasteiger partial charge in [-0.3, -0.25) is 14.9 Å². The van der Waals surface area contributed by atoms with Gasteiger partial charge in [-0.15, -0.1) is 10.2 Å². The molecule has 0 bridgehead atoms. The van der Waals surface area contributed by atoms with Crippen LogP contribution in [-0.2, 0) is 0 Å². The van der Waals surface area contributed by atoms with Crippen molar-refractivity contribution in [2.45, 2.75) is 0 Å². The molecular formula is C11H9FN6O3. The minimum absolute atomic E-state index is 0.0973. The standard InChI is InChI=1S/C11H9FN6O3/c12-7-2-1-6(18(20)21)5-9(7)14-11(19)8-3-4-10(15-13)17-16-8/h1-5H,13H2,(H,14,19)(H,15,17). The van der Waals surface area contributed by atoms with E-state index in [0.717, 1.165) is 18.2 Å². The molecule has 0 saturated heterocycles. The Morgan fingerprint density at radius 1 is 1.29 bits per heavy atom. The molecule has 9 nitrogen and oxygen atoms in total. The smallest absolute Gasteiger partial charge is 0.276 e. The second-order valence-corrected chi connectivity index (χ2v) is 3.82. The molecular weight excluding hydrogens is 283 g/mol. The Kier molecular flexibility index (Phi) is 4.00. The number of aromatic nitrogens is 2. The molecule has 2 aromatic rings. The predicted octanol–water partition coefficient (Wildman–Crippen LogP) is 1.06. The van der Waals surface area contributed by atoms with Crippen LogP contribution in [0.25, 0.3) is 0 Å². The Bertz CT molecular complexity index is 691. The van der Waals surface area contributed by atoms with E-state index in [1.165, 1.54) is 12.1 Å². The molecule has 1 amide bonds. The number of rotatable bonds is 4. The van der Waals surface area contributed by atoms with Gasteiger partial charge in [0.15, 0.2) is 11.5 Å². The number of hydrazine groups is 1. The molecule has 4 N–H and O–H groups in total. The van der Waals surface area contributed by atoms with Crippen LogP contribution in [0.2, 0.25) is 0 Å². The summed E-state index contributed by atoms with van der Waals surface area (Å²) in [6, 6.07) is 5.50. The first-order valence-corrected chi connectivity index (χ1v) is 5.57. The van der Waals surface area contributed by atoms with Gasteiger partial charge in [0.05, 0.1) is 10.6 Å². The van der Waals surface area contributed by atoms with Crippen LogP contribution in [0.3, 0.4) is 0 Å². The first kappa shape index (κ1) is 14.3. The highest BCUT2D eigenvalue weighted by molar-refractivity contribution is 6.03. The predicted molar refractivity (Wildman–Crippen MR) is 70.8 cm³/mol. The summed E-state index contributed by atoms with van der Waals surface area (Å²) < 4.78 is 13.5. The average Bonchev–Trinajstić information content (AvgIpc) is 2.49. The molecule has 0 unspecified atom stereocenters. The number of non-ortho nitro benzene ring substituents is 1. The second kappa shape index (κ2) is 5.88. The molecule has 0 radical (unpaired) electrons. The summed E-state index contributed by atoms with van der Waals surface area (Å²) in [5.41, 5.74) is 1.47. The summed E-state index contributed by atoms with van der Waals surface area (Å²) in [5, 5.41) is 20.0. The summed E-state index contributed by atoms with van der Waals surface area (Å²) in [7, 11) is 0. The zero-order chi connectivity index (χ0) is 15.4. The third-order valence-corrected chi connectivity index (χ3v) is 2.45. The minimum atomic E-state index is -0.804. The third kappa shape index (κ3) is 3.25. The van der Waals surface area contributed by atoms with Crippen molar-refractivity contribution in [3.63, 3.8) is 0 Å². The molecule has 0 saturated carbocycles. The molecule has 0 aliphatic rings. The van der Waals surface area contributed by atoms with Crippen LogP contribution in [0, 0.1) is 15.9 Å². The highest BCUT2D eigenvalue weighted by Crippen LogP contribution is 2.21. The van der Waals surface area contributed by atoms with Crippen molar-refractivity contribution < 1.29 is 14.1 Å². The number of nitro benzene ring substituents is 1. The van der Waals surface area contributed by atoms with Gasteiger partial charge in [-0.1, -0.05) is 0 Å². The number of hydrogen-bond donors (Lipinski definition) is 3. The molecule has 108 valence electrons. The number of nitro groups is 1. The van der Waals surface area contributed by atoms with Crippen molar-refractivity contribution in [1.82, 2.24) is 10.2 Å². The molecule has 1 heterocycles. The lowest BCUT2D eigenvalue weighted by Crippen LogP contribution is -2.16. The maximum Gasteiger partial charge on any atom is 0.276 e. The summed E-state index contributed by atoms with van der Waals surface area (Å²) >= 11 is 0.